The maximum absolute atomic E-state index is 13.3. The lowest BCUT2D eigenvalue weighted by Crippen LogP contribution is -2.35. The van der Waals surface area contributed by atoms with E-state index in [0.717, 1.165) is 50.3 Å². The quantitative estimate of drug-likeness (QED) is 0.891. The van der Waals surface area contributed by atoms with Crippen molar-refractivity contribution in [1.29, 1.82) is 0 Å². The van der Waals surface area contributed by atoms with E-state index in [1.807, 2.05) is 0 Å². The Morgan fingerprint density at radius 3 is 2.72 bits per heavy atom. The van der Waals surface area contributed by atoms with Crippen molar-refractivity contribution < 1.29 is 9.13 Å². The number of piperidine rings is 1. The third-order valence-corrected chi connectivity index (χ3v) is 3.68. The second kappa shape index (κ2) is 6.16. The Morgan fingerprint density at radius 1 is 1.39 bits per heavy atom. The van der Waals surface area contributed by atoms with Crippen LogP contribution in [0.2, 0.25) is 0 Å². The summed E-state index contributed by atoms with van der Waals surface area (Å²) in [6, 6.07) is 4.69. The molecule has 3 nitrogen and oxygen atoms in total. The second-order valence-electron chi connectivity index (χ2n) is 4.91. The number of ether oxygens (including phenoxy) is 1. The molecule has 1 saturated heterocycles. The summed E-state index contributed by atoms with van der Waals surface area (Å²) in [5.41, 5.74) is 6.60. The van der Waals surface area contributed by atoms with Gasteiger partial charge in [0.15, 0.2) is 0 Å². The predicted octanol–water partition coefficient (Wildman–Crippen LogP) is 2.00. The van der Waals surface area contributed by atoms with Gasteiger partial charge in [-0.15, -0.1) is 0 Å². The molecular weight excluding hydrogens is 231 g/mol. The molecule has 0 amide bonds. The number of hydrogen-bond acceptors (Lipinski definition) is 3. The van der Waals surface area contributed by atoms with E-state index in [9.17, 15) is 4.39 Å². The van der Waals surface area contributed by atoms with E-state index in [2.05, 4.69) is 4.90 Å². The Labute approximate surface area is 108 Å². The van der Waals surface area contributed by atoms with Gasteiger partial charge in [-0.2, -0.15) is 0 Å². The molecule has 1 aliphatic rings. The van der Waals surface area contributed by atoms with Crippen molar-refractivity contribution in [1.82, 2.24) is 4.90 Å². The number of nitrogens with zero attached hydrogens (tertiary/aromatic N) is 1. The summed E-state index contributed by atoms with van der Waals surface area (Å²) in [6.07, 6.45) is 2.27. The summed E-state index contributed by atoms with van der Waals surface area (Å²) < 4.78 is 18.5. The Bertz CT molecular complexity index is 389. The SMILES string of the molecule is COc1ccc(F)cc1CN1CCC(CN)CC1. The van der Waals surface area contributed by atoms with E-state index in [-0.39, 0.29) is 5.82 Å². The maximum atomic E-state index is 13.3. The van der Waals surface area contributed by atoms with Gasteiger partial charge in [0.1, 0.15) is 11.6 Å². The van der Waals surface area contributed by atoms with Crippen molar-refractivity contribution in [2.75, 3.05) is 26.7 Å². The van der Waals surface area contributed by atoms with Gasteiger partial charge >= 0.3 is 0 Å². The molecule has 0 atom stereocenters. The minimum Gasteiger partial charge on any atom is -0.496 e. The lowest BCUT2D eigenvalue weighted by molar-refractivity contribution is 0.178. The van der Waals surface area contributed by atoms with Gasteiger partial charge in [-0.05, 0) is 56.6 Å². The molecule has 1 aromatic rings. The van der Waals surface area contributed by atoms with Crippen LogP contribution >= 0.6 is 0 Å². The molecule has 0 spiro atoms. The molecule has 0 bridgehead atoms. The van der Waals surface area contributed by atoms with Crippen molar-refractivity contribution in [2.45, 2.75) is 19.4 Å². The van der Waals surface area contributed by atoms with Gasteiger partial charge in [0.2, 0.25) is 0 Å². The second-order valence-corrected chi connectivity index (χ2v) is 4.91. The van der Waals surface area contributed by atoms with Gasteiger partial charge in [-0.3, -0.25) is 4.90 Å². The Hall–Kier alpha value is -1.13. The molecule has 0 aliphatic carbocycles. The fraction of sp³-hybridized carbons (Fsp3) is 0.571. The smallest absolute Gasteiger partial charge is 0.123 e. The number of halogens is 1. The number of nitrogens with two attached hydrogens (primary N) is 1. The van der Waals surface area contributed by atoms with E-state index in [4.69, 9.17) is 10.5 Å². The van der Waals surface area contributed by atoms with Crippen LogP contribution in [0.5, 0.6) is 5.75 Å². The van der Waals surface area contributed by atoms with Crippen molar-refractivity contribution in [2.24, 2.45) is 11.7 Å². The number of benzene rings is 1. The topological polar surface area (TPSA) is 38.5 Å². The number of rotatable bonds is 4. The van der Waals surface area contributed by atoms with Gasteiger partial charge < -0.3 is 10.5 Å². The van der Waals surface area contributed by atoms with Gasteiger partial charge in [0.25, 0.3) is 0 Å². The highest BCUT2D eigenvalue weighted by Gasteiger charge is 2.19. The predicted molar refractivity (Wildman–Crippen MR) is 70.0 cm³/mol. The summed E-state index contributed by atoms with van der Waals surface area (Å²) >= 11 is 0. The van der Waals surface area contributed by atoms with Crippen LogP contribution < -0.4 is 10.5 Å². The molecule has 1 aromatic carbocycles. The zero-order valence-corrected chi connectivity index (χ0v) is 10.9. The molecule has 100 valence electrons. The number of likely N-dealkylation sites (tertiary alicyclic amines) is 1. The fourth-order valence-corrected chi connectivity index (χ4v) is 2.49. The van der Waals surface area contributed by atoms with E-state index in [1.54, 1.807) is 19.2 Å². The summed E-state index contributed by atoms with van der Waals surface area (Å²) in [7, 11) is 1.62. The Balaban J connectivity index is 1.99. The van der Waals surface area contributed by atoms with Gasteiger partial charge in [-0.25, -0.2) is 4.39 Å². The molecule has 0 unspecified atom stereocenters. The highest BCUT2D eigenvalue weighted by molar-refractivity contribution is 5.33. The van der Waals surface area contributed by atoms with Crippen LogP contribution in [-0.4, -0.2) is 31.6 Å². The van der Waals surface area contributed by atoms with Gasteiger partial charge in [0.05, 0.1) is 7.11 Å². The zero-order chi connectivity index (χ0) is 13.0. The van der Waals surface area contributed by atoms with Crippen molar-refractivity contribution in [3.8, 4) is 5.75 Å². The molecule has 18 heavy (non-hydrogen) atoms. The summed E-state index contributed by atoms with van der Waals surface area (Å²) in [6.45, 7) is 3.58. The largest absolute Gasteiger partial charge is 0.496 e. The van der Waals surface area contributed by atoms with Crippen LogP contribution in [0.25, 0.3) is 0 Å². The average Bonchev–Trinajstić information content (AvgIpc) is 2.40. The Kier molecular flexibility index (Phi) is 4.55. The van der Waals surface area contributed by atoms with Crippen LogP contribution in [0.15, 0.2) is 18.2 Å². The molecule has 1 fully saturated rings. The van der Waals surface area contributed by atoms with Crippen molar-refractivity contribution in [3.63, 3.8) is 0 Å². The first-order valence-corrected chi connectivity index (χ1v) is 6.47. The van der Waals surface area contributed by atoms with Crippen LogP contribution in [0.1, 0.15) is 18.4 Å². The van der Waals surface area contributed by atoms with Crippen LogP contribution in [0.4, 0.5) is 4.39 Å². The van der Waals surface area contributed by atoms with Crippen molar-refractivity contribution in [3.05, 3.63) is 29.6 Å². The minimum absolute atomic E-state index is 0.206. The number of hydrogen-bond donors (Lipinski definition) is 1. The normalized spacial score (nSPS) is 17.9. The molecule has 2 rings (SSSR count). The molecule has 0 aromatic heterocycles. The van der Waals surface area contributed by atoms with Crippen LogP contribution in [0, 0.1) is 11.7 Å². The zero-order valence-electron chi connectivity index (χ0n) is 10.9. The lowest BCUT2D eigenvalue weighted by Gasteiger charge is -2.31. The monoisotopic (exact) mass is 252 g/mol. The Morgan fingerprint density at radius 2 is 2.11 bits per heavy atom. The van der Waals surface area contributed by atoms with Crippen LogP contribution in [-0.2, 0) is 6.54 Å². The maximum Gasteiger partial charge on any atom is 0.123 e. The molecule has 2 N–H and O–H groups in total. The van der Waals surface area contributed by atoms with E-state index in [0.29, 0.717) is 5.92 Å². The first-order chi connectivity index (χ1) is 8.72. The van der Waals surface area contributed by atoms with E-state index in [1.165, 1.54) is 6.07 Å². The van der Waals surface area contributed by atoms with Gasteiger partial charge in [-0.1, -0.05) is 0 Å². The fourth-order valence-electron chi connectivity index (χ4n) is 2.49. The standard InChI is InChI=1S/C14H21FN2O/c1-18-14-3-2-13(15)8-12(14)10-17-6-4-11(9-16)5-7-17/h2-3,8,11H,4-7,9-10,16H2,1H3. The molecule has 0 saturated carbocycles. The molecule has 0 radical (unpaired) electrons. The lowest BCUT2D eigenvalue weighted by atomic mass is 9.97. The molecule has 4 heteroatoms. The molecule has 1 aliphatic heterocycles. The minimum atomic E-state index is -0.206. The summed E-state index contributed by atoms with van der Waals surface area (Å²) in [5, 5.41) is 0. The van der Waals surface area contributed by atoms with E-state index >= 15 is 0 Å². The highest BCUT2D eigenvalue weighted by atomic mass is 19.1. The van der Waals surface area contributed by atoms with Gasteiger partial charge in [0, 0.05) is 12.1 Å². The first kappa shape index (κ1) is 13.3. The van der Waals surface area contributed by atoms with Crippen molar-refractivity contribution >= 4 is 0 Å². The summed E-state index contributed by atoms with van der Waals surface area (Å²) in [4.78, 5) is 2.34. The number of methoxy groups -OCH3 is 1. The third-order valence-electron chi connectivity index (χ3n) is 3.68. The first-order valence-electron chi connectivity index (χ1n) is 6.47. The average molecular weight is 252 g/mol. The highest BCUT2D eigenvalue weighted by Crippen LogP contribution is 2.24. The summed E-state index contributed by atoms with van der Waals surface area (Å²) in [5.74, 6) is 1.20. The molecule has 1 heterocycles. The van der Waals surface area contributed by atoms with E-state index < -0.39 is 0 Å². The third kappa shape index (κ3) is 3.21. The molecular formula is C14H21FN2O. The van der Waals surface area contributed by atoms with Crippen LogP contribution in [0.3, 0.4) is 0 Å².